The number of amides is 3. The molecule has 0 bridgehead atoms. The SMILES string of the molecule is C#Cc1ccc(C(C(=O)NC(Cc2ccccc2)C(=O)OC(C)(C)C)N(C#C)C(=O)C(NC(=O)OC(C)(C)C)C(C)CC)cc1. The first kappa shape index (κ1) is 36.4. The summed E-state index contributed by atoms with van der Waals surface area (Å²) in [6, 6.07) is 14.3. The first-order valence-corrected chi connectivity index (χ1v) is 14.9. The Hall–Kier alpha value is -4.76. The van der Waals surface area contributed by atoms with Gasteiger partial charge in [-0.15, -0.1) is 6.42 Å². The first-order chi connectivity index (χ1) is 21.0. The second-order valence-corrected chi connectivity index (χ2v) is 12.8. The van der Waals surface area contributed by atoms with Gasteiger partial charge < -0.3 is 20.1 Å². The highest BCUT2D eigenvalue weighted by Gasteiger charge is 2.39. The maximum absolute atomic E-state index is 14.2. The number of nitrogens with zero attached hydrogens (tertiary/aromatic N) is 1. The zero-order valence-corrected chi connectivity index (χ0v) is 27.5. The van der Waals surface area contributed by atoms with Gasteiger partial charge in [-0.25, -0.2) is 9.59 Å². The number of esters is 1. The third-order valence-corrected chi connectivity index (χ3v) is 6.72. The van der Waals surface area contributed by atoms with E-state index in [0.29, 0.717) is 17.5 Å². The van der Waals surface area contributed by atoms with Gasteiger partial charge in [-0.05, 0) is 70.7 Å². The molecular weight excluding hydrogens is 570 g/mol. The van der Waals surface area contributed by atoms with E-state index in [1.807, 2.05) is 37.3 Å². The molecule has 4 atom stereocenters. The largest absolute Gasteiger partial charge is 0.458 e. The van der Waals surface area contributed by atoms with Crippen LogP contribution in [0.1, 0.15) is 84.5 Å². The van der Waals surface area contributed by atoms with Gasteiger partial charge in [0.1, 0.15) is 29.3 Å². The van der Waals surface area contributed by atoms with Crippen LogP contribution in [0.3, 0.4) is 0 Å². The summed E-state index contributed by atoms with van der Waals surface area (Å²) in [7, 11) is 0. The normalized spacial score (nSPS) is 13.9. The molecule has 0 aliphatic rings. The summed E-state index contributed by atoms with van der Waals surface area (Å²) in [5.41, 5.74) is 0.0535. The maximum Gasteiger partial charge on any atom is 0.408 e. The fraction of sp³-hybridized carbons (Fsp3) is 0.444. The lowest BCUT2D eigenvalue weighted by Gasteiger charge is -2.33. The number of hydrogen-bond acceptors (Lipinski definition) is 6. The molecule has 2 N–H and O–H groups in total. The molecule has 0 aliphatic heterocycles. The van der Waals surface area contributed by atoms with E-state index in [1.54, 1.807) is 72.7 Å². The molecule has 0 aromatic heterocycles. The Morgan fingerprint density at radius 1 is 0.867 bits per heavy atom. The lowest BCUT2D eigenvalue weighted by molar-refractivity contribution is -0.159. The van der Waals surface area contributed by atoms with Crippen LogP contribution in [-0.2, 0) is 30.3 Å². The predicted octanol–water partition coefficient (Wildman–Crippen LogP) is 5.14. The number of carbonyl (C=O) groups excluding carboxylic acids is 4. The van der Waals surface area contributed by atoms with Gasteiger partial charge in [0.15, 0.2) is 0 Å². The van der Waals surface area contributed by atoms with Gasteiger partial charge in [-0.2, -0.15) is 0 Å². The summed E-state index contributed by atoms with van der Waals surface area (Å²) in [4.78, 5) is 55.3. The third-order valence-electron chi connectivity index (χ3n) is 6.72. The van der Waals surface area contributed by atoms with E-state index in [2.05, 4.69) is 22.6 Å². The quantitative estimate of drug-likeness (QED) is 0.206. The topological polar surface area (TPSA) is 114 Å². The second kappa shape index (κ2) is 15.8. The zero-order chi connectivity index (χ0) is 33.9. The molecule has 0 aliphatic carbocycles. The highest BCUT2D eigenvalue weighted by molar-refractivity contribution is 5.95. The van der Waals surface area contributed by atoms with Crippen LogP contribution in [0.4, 0.5) is 4.79 Å². The number of ether oxygens (including phenoxy) is 2. The fourth-order valence-electron chi connectivity index (χ4n) is 4.38. The average Bonchev–Trinajstić information content (AvgIpc) is 2.96. The number of terminal acetylenes is 2. The lowest BCUT2D eigenvalue weighted by atomic mass is 9.95. The van der Waals surface area contributed by atoms with Crippen molar-refractivity contribution in [3.05, 3.63) is 71.3 Å². The van der Waals surface area contributed by atoms with Gasteiger partial charge in [0.25, 0.3) is 5.91 Å². The first-order valence-electron chi connectivity index (χ1n) is 14.9. The van der Waals surface area contributed by atoms with Gasteiger partial charge in [-0.3, -0.25) is 14.5 Å². The van der Waals surface area contributed by atoms with Crippen LogP contribution < -0.4 is 10.6 Å². The minimum absolute atomic E-state index is 0.129. The van der Waals surface area contributed by atoms with Crippen molar-refractivity contribution in [1.82, 2.24) is 15.5 Å². The smallest absolute Gasteiger partial charge is 0.408 e. The lowest BCUT2D eigenvalue weighted by Crippen LogP contribution is -2.55. The van der Waals surface area contributed by atoms with Crippen LogP contribution in [-0.4, -0.2) is 52.1 Å². The molecule has 0 radical (unpaired) electrons. The molecule has 0 saturated heterocycles. The summed E-state index contributed by atoms with van der Waals surface area (Å²) in [5, 5.41) is 5.42. The number of nitrogens with one attached hydrogen (secondary N) is 2. The molecule has 45 heavy (non-hydrogen) atoms. The highest BCUT2D eigenvalue weighted by Crippen LogP contribution is 2.25. The van der Waals surface area contributed by atoms with Crippen molar-refractivity contribution in [3.63, 3.8) is 0 Å². The highest BCUT2D eigenvalue weighted by atomic mass is 16.6. The van der Waals surface area contributed by atoms with E-state index < -0.39 is 53.2 Å². The van der Waals surface area contributed by atoms with Crippen LogP contribution >= 0.6 is 0 Å². The Balaban J connectivity index is 2.58. The van der Waals surface area contributed by atoms with Crippen LogP contribution in [0.5, 0.6) is 0 Å². The van der Waals surface area contributed by atoms with E-state index >= 15 is 0 Å². The summed E-state index contributed by atoms with van der Waals surface area (Å²) in [6.45, 7) is 13.9. The van der Waals surface area contributed by atoms with Crippen molar-refractivity contribution in [1.29, 1.82) is 0 Å². The van der Waals surface area contributed by atoms with Crippen LogP contribution in [0.2, 0.25) is 0 Å². The molecule has 0 heterocycles. The number of carbonyl (C=O) groups is 4. The van der Waals surface area contributed by atoms with Crippen LogP contribution in [0.15, 0.2) is 54.6 Å². The molecule has 9 nitrogen and oxygen atoms in total. The third kappa shape index (κ3) is 11.4. The molecule has 4 unspecified atom stereocenters. The predicted molar refractivity (Wildman–Crippen MR) is 173 cm³/mol. The maximum atomic E-state index is 14.2. The van der Waals surface area contributed by atoms with Crippen LogP contribution in [0.25, 0.3) is 0 Å². The Kier molecular flexibility index (Phi) is 12.8. The van der Waals surface area contributed by atoms with Crippen molar-refractivity contribution < 1.29 is 28.7 Å². The summed E-state index contributed by atoms with van der Waals surface area (Å²) < 4.78 is 11.0. The van der Waals surface area contributed by atoms with Crippen molar-refractivity contribution in [2.24, 2.45) is 5.92 Å². The van der Waals surface area contributed by atoms with E-state index in [9.17, 15) is 19.2 Å². The van der Waals surface area contributed by atoms with Gasteiger partial charge in [0, 0.05) is 18.0 Å². The van der Waals surface area contributed by atoms with E-state index in [4.69, 9.17) is 22.3 Å². The molecule has 3 amide bonds. The average molecular weight is 616 g/mol. The Bertz CT molecular complexity index is 1410. The summed E-state index contributed by atoms with van der Waals surface area (Å²) >= 11 is 0. The summed E-state index contributed by atoms with van der Waals surface area (Å²) in [6.07, 6.45) is 11.3. The molecular formula is C36H45N3O6. The fourth-order valence-corrected chi connectivity index (χ4v) is 4.38. The van der Waals surface area contributed by atoms with Gasteiger partial charge in [0.2, 0.25) is 5.91 Å². The standard InChI is InChI=1S/C36H45N3O6/c1-11-24(4)29(38-34(43)45-36(8,9)10)32(41)39(13-3)30(27-21-19-25(12-2)20-22-27)31(40)37-28(33(42)44-35(5,6)7)23-26-17-15-14-16-18-26/h2-3,14-22,24,28-30H,11,23H2,1,4-10H3,(H,37,40)(H,38,43). The van der Waals surface area contributed by atoms with E-state index in [1.165, 1.54) is 0 Å². The monoisotopic (exact) mass is 615 g/mol. The van der Waals surface area contributed by atoms with Crippen LogP contribution in [0, 0.1) is 30.7 Å². The van der Waals surface area contributed by atoms with Crippen molar-refractivity contribution in [2.45, 2.75) is 97.6 Å². The van der Waals surface area contributed by atoms with Gasteiger partial charge in [0.05, 0.1) is 0 Å². The van der Waals surface area contributed by atoms with Crippen molar-refractivity contribution in [3.8, 4) is 24.8 Å². The number of hydrogen-bond donors (Lipinski definition) is 2. The number of rotatable bonds is 11. The summed E-state index contributed by atoms with van der Waals surface area (Å²) in [5.74, 6) is 0.0790. The zero-order valence-electron chi connectivity index (χ0n) is 27.5. The minimum Gasteiger partial charge on any atom is -0.458 e. The molecule has 2 aromatic carbocycles. The van der Waals surface area contributed by atoms with E-state index in [-0.39, 0.29) is 12.3 Å². The Labute approximate surface area is 267 Å². The molecule has 0 saturated carbocycles. The molecule has 2 rings (SSSR count). The molecule has 9 heteroatoms. The molecule has 240 valence electrons. The van der Waals surface area contributed by atoms with E-state index in [0.717, 1.165) is 10.5 Å². The van der Waals surface area contributed by atoms with Gasteiger partial charge in [-0.1, -0.05) is 75.1 Å². The Morgan fingerprint density at radius 3 is 1.93 bits per heavy atom. The van der Waals surface area contributed by atoms with Crippen molar-refractivity contribution >= 4 is 23.9 Å². The van der Waals surface area contributed by atoms with Crippen molar-refractivity contribution in [2.75, 3.05) is 0 Å². The molecule has 2 aromatic rings. The number of benzene rings is 2. The van der Waals surface area contributed by atoms with Gasteiger partial charge >= 0.3 is 12.1 Å². The molecule has 0 spiro atoms. The minimum atomic E-state index is -1.39. The molecule has 0 fully saturated rings. The Morgan fingerprint density at radius 2 is 1.44 bits per heavy atom. The second-order valence-electron chi connectivity index (χ2n) is 12.8. The number of alkyl carbamates (subject to hydrolysis) is 1.